The van der Waals surface area contributed by atoms with Crippen LogP contribution < -0.4 is 10.6 Å². The third kappa shape index (κ3) is 4.57. The lowest BCUT2D eigenvalue weighted by Gasteiger charge is -2.38. The van der Waals surface area contributed by atoms with Crippen molar-refractivity contribution in [3.63, 3.8) is 0 Å². The van der Waals surface area contributed by atoms with Crippen molar-refractivity contribution >= 4 is 11.8 Å². The van der Waals surface area contributed by atoms with Crippen LogP contribution in [0.4, 0.5) is 0 Å². The lowest BCUT2D eigenvalue weighted by molar-refractivity contribution is -0.136. The van der Waals surface area contributed by atoms with Gasteiger partial charge in [0.15, 0.2) is 0 Å². The molecule has 2 rings (SSSR count). The van der Waals surface area contributed by atoms with Crippen LogP contribution in [0.2, 0.25) is 0 Å². The molecule has 1 saturated heterocycles. The summed E-state index contributed by atoms with van der Waals surface area (Å²) in [5, 5.41) is 6.23. The molecule has 2 N–H and O–H groups in total. The number of piperidine rings is 1. The van der Waals surface area contributed by atoms with Crippen molar-refractivity contribution in [2.24, 2.45) is 11.8 Å². The molecule has 0 aliphatic carbocycles. The van der Waals surface area contributed by atoms with Gasteiger partial charge in [-0.1, -0.05) is 32.9 Å². The molecule has 0 aromatic heterocycles. The van der Waals surface area contributed by atoms with Gasteiger partial charge in [0.05, 0.1) is 0 Å². The highest BCUT2D eigenvalue weighted by atomic mass is 16.2. The van der Waals surface area contributed by atoms with Crippen LogP contribution in [0.5, 0.6) is 0 Å². The second kappa shape index (κ2) is 8.29. The topological polar surface area (TPSA) is 61.4 Å². The third-order valence-corrected chi connectivity index (χ3v) is 4.72. The summed E-state index contributed by atoms with van der Waals surface area (Å²) in [6, 6.07) is 8.09. The van der Waals surface area contributed by atoms with Gasteiger partial charge in [0, 0.05) is 44.2 Å². The summed E-state index contributed by atoms with van der Waals surface area (Å²) >= 11 is 0. The molecular formula is C19H29N3O2. The molecule has 1 aromatic carbocycles. The Labute approximate surface area is 144 Å². The van der Waals surface area contributed by atoms with E-state index in [2.05, 4.69) is 17.6 Å². The number of benzene rings is 1. The molecule has 1 fully saturated rings. The Morgan fingerprint density at radius 1 is 1.25 bits per heavy atom. The maximum atomic E-state index is 12.1. The standard InChI is InChI=1S/C19H29N3O2/c1-13(2)19(24)22-10-9-17(14(3)12-22)21-11-15-5-7-16(8-6-15)18(23)20-4/h5-8,13-14,17,21H,9-12H2,1-4H3,(H,20,23). The van der Waals surface area contributed by atoms with Gasteiger partial charge in [-0.3, -0.25) is 9.59 Å². The van der Waals surface area contributed by atoms with Gasteiger partial charge < -0.3 is 15.5 Å². The highest BCUT2D eigenvalue weighted by Gasteiger charge is 2.29. The van der Waals surface area contributed by atoms with E-state index in [4.69, 9.17) is 0 Å². The first kappa shape index (κ1) is 18.5. The molecule has 5 heteroatoms. The fraction of sp³-hybridized carbons (Fsp3) is 0.579. The molecule has 132 valence electrons. The van der Waals surface area contributed by atoms with Gasteiger partial charge in [-0.05, 0) is 30.0 Å². The molecule has 2 amide bonds. The van der Waals surface area contributed by atoms with Gasteiger partial charge in [0.2, 0.25) is 5.91 Å². The molecule has 1 aliphatic heterocycles. The van der Waals surface area contributed by atoms with Crippen LogP contribution in [-0.2, 0) is 11.3 Å². The number of carbonyl (C=O) groups is 2. The minimum absolute atomic E-state index is 0.0645. The summed E-state index contributed by atoms with van der Waals surface area (Å²) in [7, 11) is 1.63. The Balaban J connectivity index is 1.85. The van der Waals surface area contributed by atoms with Crippen molar-refractivity contribution in [3.8, 4) is 0 Å². The molecule has 1 aliphatic rings. The summed E-state index contributed by atoms with van der Waals surface area (Å²) < 4.78 is 0. The predicted octanol–water partition coefficient (Wildman–Crippen LogP) is 2.03. The molecule has 2 unspecified atom stereocenters. The van der Waals surface area contributed by atoms with Gasteiger partial charge >= 0.3 is 0 Å². The van der Waals surface area contributed by atoms with E-state index in [0.717, 1.165) is 31.6 Å². The largest absolute Gasteiger partial charge is 0.355 e. The van der Waals surface area contributed by atoms with Gasteiger partial charge in [-0.15, -0.1) is 0 Å². The number of nitrogens with zero attached hydrogens (tertiary/aromatic N) is 1. The minimum Gasteiger partial charge on any atom is -0.355 e. The fourth-order valence-electron chi connectivity index (χ4n) is 3.18. The minimum atomic E-state index is -0.0645. The van der Waals surface area contributed by atoms with E-state index in [9.17, 15) is 9.59 Å². The molecular weight excluding hydrogens is 302 g/mol. The quantitative estimate of drug-likeness (QED) is 0.868. The normalized spacial score (nSPS) is 21.0. The van der Waals surface area contributed by atoms with E-state index < -0.39 is 0 Å². The molecule has 5 nitrogen and oxygen atoms in total. The monoisotopic (exact) mass is 331 g/mol. The van der Waals surface area contributed by atoms with Gasteiger partial charge in [0.25, 0.3) is 5.91 Å². The van der Waals surface area contributed by atoms with Crippen LogP contribution in [-0.4, -0.2) is 42.9 Å². The lowest BCUT2D eigenvalue weighted by Crippen LogP contribution is -2.50. The van der Waals surface area contributed by atoms with Crippen LogP contribution in [0.3, 0.4) is 0 Å². The zero-order valence-corrected chi connectivity index (χ0v) is 15.1. The molecule has 0 radical (unpaired) electrons. The molecule has 24 heavy (non-hydrogen) atoms. The number of nitrogens with one attached hydrogen (secondary N) is 2. The molecule has 0 bridgehead atoms. The van der Waals surface area contributed by atoms with Crippen LogP contribution in [0.1, 0.15) is 43.1 Å². The van der Waals surface area contributed by atoms with E-state index in [-0.39, 0.29) is 17.7 Å². The van der Waals surface area contributed by atoms with Crippen LogP contribution >= 0.6 is 0 Å². The van der Waals surface area contributed by atoms with E-state index >= 15 is 0 Å². The van der Waals surface area contributed by atoms with Crippen molar-refractivity contribution in [2.45, 2.75) is 39.8 Å². The van der Waals surface area contributed by atoms with Crippen LogP contribution in [0.25, 0.3) is 0 Å². The van der Waals surface area contributed by atoms with Crippen molar-refractivity contribution in [3.05, 3.63) is 35.4 Å². The Hall–Kier alpha value is -1.88. The maximum Gasteiger partial charge on any atom is 0.251 e. The smallest absolute Gasteiger partial charge is 0.251 e. The van der Waals surface area contributed by atoms with E-state index in [0.29, 0.717) is 17.5 Å². The van der Waals surface area contributed by atoms with Crippen LogP contribution in [0.15, 0.2) is 24.3 Å². The second-order valence-electron chi connectivity index (χ2n) is 6.97. The van der Waals surface area contributed by atoms with Gasteiger partial charge in [0.1, 0.15) is 0 Å². The summed E-state index contributed by atoms with van der Waals surface area (Å²) in [5.74, 6) is 0.697. The number of likely N-dealkylation sites (tertiary alicyclic amines) is 1. The third-order valence-electron chi connectivity index (χ3n) is 4.72. The van der Waals surface area contributed by atoms with E-state index in [1.807, 2.05) is 43.0 Å². The average molecular weight is 331 g/mol. The molecule has 1 heterocycles. The average Bonchev–Trinajstić information content (AvgIpc) is 2.59. The SMILES string of the molecule is CNC(=O)c1ccc(CNC2CCN(C(=O)C(C)C)CC2C)cc1. The molecule has 1 aromatic rings. The number of hydrogen-bond donors (Lipinski definition) is 2. The lowest BCUT2D eigenvalue weighted by atomic mass is 9.92. The summed E-state index contributed by atoms with van der Waals surface area (Å²) in [5.41, 5.74) is 1.84. The summed E-state index contributed by atoms with van der Waals surface area (Å²) in [6.07, 6.45) is 0.982. The maximum absolute atomic E-state index is 12.1. The number of carbonyl (C=O) groups excluding carboxylic acids is 2. The van der Waals surface area contributed by atoms with Crippen LogP contribution in [0, 0.1) is 11.8 Å². The van der Waals surface area contributed by atoms with E-state index in [1.54, 1.807) is 7.05 Å². The first-order valence-electron chi connectivity index (χ1n) is 8.75. The highest BCUT2D eigenvalue weighted by Crippen LogP contribution is 2.19. The van der Waals surface area contributed by atoms with Gasteiger partial charge in [-0.2, -0.15) is 0 Å². The first-order valence-corrected chi connectivity index (χ1v) is 8.75. The number of rotatable bonds is 5. The Morgan fingerprint density at radius 3 is 2.46 bits per heavy atom. The zero-order valence-electron chi connectivity index (χ0n) is 15.1. The Bertz CT molecular complexity index is 568. The second-order valence-corrected chi connectivity index (χ2v) is 6.97. The predicted molar refractivity (Wildman–Crippen MR) is 95.7 cm³/mol. The molecule has 0 spiro atoms. The zero-order chi connectivity index (χ0) is 17.7. The van der Waals surface area contributed by atoms with E-state index in [1.165, 1.54) is 0 Å². The highest BCUT2D eigenvalue weighted by molar-refractivity contribution is 5.93. The first-order chi connectivity index (χ1) is 11.4. The van der Waals surface area contributed by atoms with Gasteiger partial charge in [-0.25, -0.2) is 0 Å². The summed E-state index contributed by atoms with van der Waals surface area (Å²) in [4.78, 5) is 25.7. The summed E-state index contributed by atoms with van der Waals surface area (Å²) in [6.45, 7) is 8.55. The Kier molecular flexibility index (Phi) is 6.37. The fourth-order valence-corrected chi connectivity index (χ4v) is 3.18. The van der Waals surface area contributed by atoms with Crippen molar-refractivity contribution < 1.29 is 9.59 Å². The van der Waals surface area contributed by atoms with Crippen molar-refractivity contribution in [2.75, 3.05) is 20.1 Å². The number of amides is 2. The number of hydrogen-bond acceptors (Lipinski definition) is 3. The Morgan fingerprint density at radius 2 is 1.92 bits per heavy atom. The van der Waals surface area contributed by atoms with Crippen molar-refractivity contribution in [1.82, 2.24) is 15.5 Å². The molecule has 0 saturated carbocycles. The van der Waals surface area contributed by atoms with Crippen molar-refractivity contribution in [1.29, 1.82) is 0 Å². The molecule has 2 atom stereocenters.